The molecule has 7 heteroatoms. The third-order valence-electron chi connectivity index (χ3n) is 5.39. The number of piperidine rings is 1. The summed E-state index contributed by atoms with van der Waals surface area (Å²) in [5.41, 5.74) is 1.13. The molecule has 2 unspecified atom stereocenters. The van der Waals surface area contributed by atoms with Crippen molar-refractivity contribution in [2.45, 2.75) is 46.1 Å². The van der Waals surface area contributed by atoms with Crippen molar-refractivity contribution in [3.63, 3.8) is 0 Å². The highest BCUT2D eigenvalue weighted by molar-refractivity contribution is 7.09. The molecule has 2 heterocycles. The van der Waals surface area contributed by atoms with Gasteiger partial charge in [0, 0.05) is 37.1 Å². The maximum Gasteiger partial charge on any atom is 0.225 e. The Bertz CT molecular complexity index is 792. The van der Waals surface area contributed by atoms with Crippen LogP contribution in [0.5, 0.6) is 5.75 Å². The lowest BCUT2D eigenvalue weighted by Gasteiger charge is -2.32. The van der Waals surface area contributed by atoms with Gasteiger partial charge in [-0.2, -0.15) is 4.37 Å². The molecule has 0 radical (unpaired) electrons. The number of rotatable bonds is 7. The number of amides is 1. The van der Waals surface area contributed by atoms with E-state index in [1.165, 1.54) is 11.5 Å². The van der Waals surface area contributed by atoms with Crippen LogP contribution in [0, 0.1) is 11.8 Å². The zero-order valence-electron chi connectivity index (χ0n) is 17.1. The molecule has 1 saturated heterocycles. The van der Waals surface area contributed by atoms with E-state index < -0.39 is 0 Å². The molecule has 0 bridgehead atoms. The quantitative estimate of drug-likeness (QED) is 0.768. The fourth-order valence-electron chi connectivity index (χ4n) is 3.28. The van der Waals surface area contributed by atoms with E-state index in [9.17, 15) is 4.79 Å². The van der Waals surface area contributed by atoms with Crippen LogP contribution in [0.25, 0.3) is 0 Å². The molecule has 1 amide bonds. The minimum atomic E-state index is 0.0145. The maximum atomic E-state index is 12.6. The predicted molar refractivity (Wildman–Crippen MR) is 113 cm³/mol. The Morgan fingerprint density at radius 2 is 2.21 bits per heavy atom. The molecule has 1 aliphatic rings. The van der Waals surface area contributed by atoms with Gasteiger partial charge in [-0.05, 0) is 43.4 Å². The summed E-state index contributed by atoms with van der Waals surface area (Å²) in [4.78, 5) is 19.6. The molecule has 2 atom stereocenters. The smallest absolute Gasteiger partial charge is 0.225 e. The van der Waals surface area contributed by atoms with E-state index in [0.717, 1.165) is 41.7 Å². The Balaban J connectivity index is 1.61. The molecule has 1 aromatic carbocycles. The number of nitrogens with zero attached hydrogens (tertiary/aromatic N) is 3. The SMILES string of the molecule is COc1cccc(Cc2nsc(N3CCCC(C(=O)NC(C)C(C)C)C3)n2)c1. The van der Waals surface area contributed by atoms with Gasteiger partial charge in [-0.15, -0.1) is 0 Å². The van der Waals surface area contributed by atoms with Crippen molar-refractivity contribution >= 4 is 22.6 Å². The third-order valence-corrected chi connectivity index (χ3v) is 6.20. The highest BCUT2D eigenvalue weighted by Gasteiger charge is 2.28. The maximum absolute atomic E-state index is 12.6. The average molecular weight is 403 g/mol. The summed E-state index contributed by atoms with van der Waals surface area (Å²) in [5.74, 6) is 2.26. The van der Waals surface area contributed by atoms with Gasteiger partial charge in [0.2, 0.25) is 11.0 Å². The number of nitrogens with one attached hydrogen (secondary N) is 1. The van der Waals surface area contributed by atoms with Crippen LogP contribution in [0.15, 0.2) is 24.3 Å². The van der Waals surface area contributed by atoms with Gasteiger partial charge in [0.15, 0.2) is 0 Å². The van der Waals surface area contributed by atoms with Gasteiger partial charge in [-0.1, -0.05) is 26.0 Å². The van der Waals surface area contributed by atoms with Crippen LogP contribution < -0.4 is 15.0 Å². The summed E-state index contributed by atoms with van der Waals surface area (Å²) in [5, 5.41) is 4.07. The topological polar surface area (TPSA) is 67.3 Å². The monoisotopic (exact) mass is 402 g/mol. The van der Waals surface area contributed by atoms with Crippen molar-refractivity contribution in [3.8, 4) is 5.75 Å². The van der Waals surface area contributed by atoms with E-state index >= 15 is 0 Å². The lowest BCUT2D eigenvalue weighted by molar-refractivity contribution is -0.126. The van der Waals surface area contributed by atoms with Gasteiger partial charge in [0.05, 0.1) is 13.0 Å². The predicted octanol–water partition coefficient (Wildman–Crippen LogP) is 3.51. The standard InChI is InChI=1S/C21H30N4O2S/c1-14(2)15(3)22-20(26)17-8-6-10-25(13-17)21-23-19(24-28-21)12-16-7-5-9-18(11-16)27-4/h5,7,9,11,14-15,17H,6,8,10,12-13H2,1-4H3,(H,22,26). The molecule has 0 aliphatic carbocycles. The van der Waals surface area contributed by atoms with E-state index in [-0.39, 0.29) is 17.9 Å². The molecule has 28 heavy (non-hydrogen) atoms. The number of hydrogen-bond acceptors (Lipinski definition) is 6. The Hall–Kier alpha value is -2.15. The van der Waals surface area contributed by atoms with Crippen molar-refractivity contribution in [1.29, 1.82) is 0 Å². The van der Waals surface area contributed by atoms with Crippen LogP contribution in [0.4, 0.5) is 5.13 Å². The van der Waals surface area contributed by atoms with Crippen LogP contribution in [0.3, 0.4) is 0 Å². The molecule has 2 aromatic rings. The Morgan fingerprint density at radius 3 is 2.96 bits per heavy atom. The van der Waals surface area contributed by atoms with Crippen molar-refractivity contribution in [2.24, 2.45) is 11.8 Å². The molecular weight excluding hydrogens is 372 g/mol. The van der Waals surface area contributed by atoms with Gasteiger partial charge in [0.1, 0.15) is 11.6 Å². The molecule has 3 rings (SSSR count). The highest BCUT2D eigenvalue weighted by atomic mass is 32.1. The number of aromatic nitrogens is 2. The minimum Gasteiger partial charge on any atom is -0.497 e. The first-order valence-corrected chi connectivity index (χ1v) is 10.7. The summed E-state index contributed by atoms with van der Waals surface area (Å²) in [6.07, 6.45) is 2.61. The summed E-state index contributed by atoms with van der Waals surface area (Å²) in [6.45, 7) is 7.97. The molecule has 152 valence electrons. The van der Waals surface area contributed by atoms with E-state index in [1.807, 2.05) is 18.2 Å². The van der Waals surface area contributed by atoms with Gasteiger partial charge in [-0.3, -0.25) is 4.79 Å². The summed E-state index contributed by atoms with van der Waals surface area (Å²) in [6, 6.07) is 8.17. The van der Waals surface area contributed by atoms with Crippen LogP contribution in [0.1, 0.15) is 45.0 Å². The lowest BCUT2D eigenvalue weighted by Crippen LogP contribution is -2.46. The van der Waals surface area contributed by atoms with Crippen LogP contribution in [-0.4, -0.2) is 41.5 Å². The fraction of sp³-hybridized carbons (Fsp3) is 0.571. The molecule has 1 N–H and O–H groups in total. The first kappa shape index (κ1) is 20.6. The zero-order valence-corrected chi connectivity index (χ0v) is 18.0. The van der Waals surface area contributed by atoms with E-state index in [0.29, 0.717) is 18.9 Å². The summed E-state index contributed by atoms with van der Waals surface area (Å²) in [7, 11) is 1.67. The first-order chi connectivity index (χ1) is 13.5. The molecule has 0 spiro atoms. The van der Waals surface area contributed by atoms with E-state index in [4.69, 9.17) is 9.72 Å². The second-order valence-corrected chi connectivity index (χ2v) is 8.58. The third kappa shape index (κ3) is 5.22. The molecule has 1 fully saturated rings. The number of methoxy groups -OCH3 is 1. The number of anilines is 1. The highest BCUT2D eigenvalue weighted by Crippen LogP contribution is 2.26. The minimum absolute atomic E-state index is 0.0145. The van der Waals surface area contributed by atoms with Crippen LogP contribution in [-0.2, 0) is 11.2 Å². The number of ether oxygens (including phenoxy) is 1. The second-order valence-electron chi connectivity index (χ2n) is 7.85. The zero-order chi connectivity index (χ0) is 20.1. The van der Waals surface area contributed by atoms with E-state index in [2.05, 4.69) is 41.4 Å². The number of carbonyl (C=O) groups excluding carboxylic acids is 1. The van der Waals surface area contributed by atoms with Crippen molar-refractivity contribution in [1.82, 2.24) is 14.7 Å². The van der Waals surface area contributed by atoms with Crippen LogP contribution in [0.2, 0.25) is 0 Å². The Morgan fingerprint density at radius 1 is 1.39 bits per heavy atom. The number of hydrogen-bond donors (Lipinski definition) is 1. The molecule has 1 aliphatic heterocycles. The number of carbonyl (C=O) groups is 1. The fourth-order valence-corrected chi connectivity index (χ4v) is 4.00. The largest absolute Gasteiger partial charge is 0.497 e. The van der Waals surface area contributed by atoms with Gasteiger partial charge >= 0.3 is 0 Å². The normalized spacial score (nSPS) is 18.2. The molecule has 1 aromatic heterocycles. The lowest BCUT2D eigenvalue weighted by atomic mass is 9.96. The Labute approximate surface area is 171 Å². The summed E-state index contributed by atoms with van der Waals surface area (Å²) < 4.78 is 9.82. The molecule has 6 nitrogen and oxygen atoms in total. The van der Waals surface area contributed by atoms with Crippen molar-refractivity contribution in [3.05, 3.63) is 35.7 Å². The number of benzene rings is 1. The molecule has 0 saturated carbocycles. The average Bonchev–Trinajstić information content (AvgIpc) is 3.16. The second kappa shape index (κ2) is 9.37. The van der Waals surface area contributed by atoms with Gasteiger partial charge < -0.3 is 15.0 Å². The van der Waals surface area contributed by atoms with E-state index in [1.54, 1.807) is 7.11 Å². The van der Waals surface area contributed by atoms with Crippen molar-refractivity contribution < 1.29 is 9.53 Å². The van der Waals surface area contributed by atoms with Crippen molar-refractivity contribution in [2.75, 3.05) is 25.1 Å². The van der Waals surface area contributed by atoms with Crippen LogP contribution >= 0.6 is 11.5 Å². The first-order valence-electron chi connectivity index (χ1n) is 9.97. The molecular formula is C21H30N4O2S. The van der Waals surface area contributed by atoms with Gasteiger partial charge in [-0.25, -0.2) is 4.98 Å². The van der Waals surface area contributed by atoms with Gasteiger partial charge in [0.25, 0.3) is 0 Å². The Kier molecular flexibility index (Phi) is 6.88. The summed E-state index contributed by atoms with van der Waals surface area (Å²) >= 11 is 1.42.